The number of aliphatic hydroxyl groups is 2. The van der Waals surface area contributed by atoms with Crippen molar-refractivity contribution in [3.05, 3.63) is 93.7 Å². The number of benzene rings is 2. The number of oxazole rings is 1. The van der Waals surface area contributed by atoms with Gasteiger partial charge in [-0.15, -0.1) is 0 Å². The monoisotopic (exact) mass is 526 g/mol. The van der Waals surface area contributed by atoms with E-state index < -0.39 is 45.7 Å². The lowest BCUT2D eigenvalue weighted by molar-refractivity contribution is 0.0490. The van der Waals surface area contributed by atoms with Crippen molar-refractivity contribution in [2.45, 2.75) is 38.9 Å². The van der Waals surface area contributed by atoms with Gasteiger partial charge in [-0.1, -0.05) is 11.8 Å². The molecule has 38 heavy (non-hydrogen) atoms. The second-order valence-electron chi connectivity index (χ2n) is 9.60. The van der Waals surface area contributed by atoms with E-state index in [-0.39, 0.29) is 34.0 Å². The number of hydrogen-bond acceptors (Lipinski definition) is 5. The molecule has 2 heterocycles. The van der Waals surface area contributed by atoms with Gasteiger partial charge in [-0.3, -0.25) is 9.36 Å². The summed E-state index contributed by atoms with van der Waals surface area (Å²) in [4.78, 5) is 16.9. The molecule has 0 radical (unpaired) electrons. The Bertz CT molecular complexity index is 1640. The number of aromatic nitrogens is 2. The molecule has 0 saturated carbocycles. The fourth-order valence-corrected chi connectivity index (χ4v) is 3.53. The topological polar surface area (TPSA) is 88.5 Å². The molecule has 0 fully saturated rings. The van der Waals surface area contributed by atoms with Gasteiger partial charge in [0.15, 0.2) is 17.4 Å². The molecule has 2 aromatic heterocycles. The van der Waals surface area contributed by atoms with Crippen LogP contribution in [0.2, 0.25) is 0 Å². The zero-order chi connectivity index (χ0) is 28.0. The van der Waals surface area contributed by atoms with E-state index in [0.717, 1.165) is 36.5 Å². The Labute approximate surface area is 214 Å². The van der Waals surface area contributed by atoms with Crippen molar-refractivity contribution in [2.24, 2.45) is 0 Å². The first-order valence-corrected chi connectivity index (χ1v) is 11.3. The van der Waals surface area contributed by atoms with Crippen LogP contribution in [0.5, 0.6) is 0 Å². The molecular weight excluding hydrogens is 504 g/mol. The maximum atomic E-state index is 15.0. The van der Waals surface area contributed by atoms with Crippen LogP contribution in [0.4, 0.5) is 17.6 Å². The molecule has 196 valence electrons. The van der Waals surface area contributed by atoms with Gasteiger partial charge in [-0.05, 0) is 58.0 Å². The first-order valence-electron chi connectivity index (χ1n) is 11.3. The van der Waals surface area contributed by atoms with Crippen LogP contribution in [0.3, 0.4) is 0 Å². The average Bonchev–Trinajstić information content (AvgIpc) is 3.24. The highest BCUT2D eigenvalue weighted by atomic mass is 19.1. The molecule has 0 unspecified atom stereocenters. The van der Waals surface area contributed by atoms with E-state index in [9.17, 15) is 23.8 Å². The van der Waals surface area contributed by atoms with Gasteiger partial charge < -0.3 is 14.6 Å². The summed E-state index contributed by atoms with van der Waals surface area (Å²) in [5.41, 5.74) is -4.70. The molecule has 4 rings (SSSR count). The summed E-state index contributed by atoms with van der Waals surface area (Å²) in [5, 5.41) is 20.1. The fraction of sp³-hybridized carbons (Fsp3) is 0.214. The second-order valence-corrected chi connectivity index (χ2v) is 9.60. The van der Waals surface area contributed by atoms with E-state index in [1.54, 1.807) is 0 Å². The zero-order valence-electron chi connectivity index (χ0n) is 20.7. The molecule has 0 aliphatic carbocycles. The second kappa shape index (κ2) is 9.59. The van der Waals surface area contributed by atoms with Gasteiger partial charge in [0.25, 0.3) is 5.56 Å². The third kappa shape index (κ3) is 5.54. The molecule has 0 bridgehead atoms. The predicted molar refractivity (Wildman–Crippen MR) is 131 cm³/mol. The lowest BCUT2D eigenvalue weighted by atomic mass is 10.1. The van der Waals surface area contributed by atoms with Crippen LogP contribution >= 0.6 is 0 Å². The predicted octanol–water partition coefficient (Wildman–Crippen LogP) is 5.07. The van der Waals surface area contributed by atoms with Crippen molar-refractivity contribution >= 4 is 0 Å². The van der Waals surface area contributed by atoms with Gasteiger partial charge in [0.1, 0.15) is 34.2 Å². The van der Waals surface area contributed by atoms with Gasteiger partial charge in [0.05, 0.1) is 5.56 Å². The van der Waals surface area contributed by atoms with Gasteiger partial charge >= 0.3 is 0 Å². The molecule has 6 nitrogen and oxygen atoms in total. The Morgan fingerprint density at radius 1 is 0.921 bits per heavy atom. The number of rotatable bonds is 4. The van der Waals surface area contributed by atoms with Crippen LogP contribution in [0.25, 0.3) is 28.3 Å². The highest BCUT2D eigenvalue weighted by Gasteiger charge is 2.28. The van der Waals surface area contributed by atoms with Crippen molar-refractivity contribution in [1.82, 2.24) is 9.55 Å². The van der Waals surface area contributed by atoms with Crippen molar-refractivity contribution in [3.63, 3.8) is 0 Å². The van der Waals surface area contributed by atoms with E-state index in [0.29, 0.717) is 10.6 Å². The van der Waals surface area contributed by atoms with E-state index in [4.69, 9.17) is 4.42 Å². The molecule has 0 aliphatic heterocycles. The Morgan fingerprint density at radius 3 is 2.16 bits per heavy atom. The average molecular weight is 526 g/mol. The Balaban J connectivity index is 1.91. The highest BCUT2D eigenvalue weighted by molar-refractivity contribution is 5.77. The third-order valence-electron chi connectivity index (χ3n) is 5.28. The molecule has 10 heteroatoms. The molecule has 0 aliphatic rings. The maximum absolute atomic E-state index is 15.0. The summed E-state index contributed by atoms with van der Waals surface area (Å²) in [6.45, 7) is 5.57. The smallest absolute Gasteiger partial charge is 0.255 e. The fourth-order valence-electron chi connectivity index (χ4n) is 3.53. The van der Waals surface area contributed by atoms with Gasteiger partial charge in [-0.25, -0.2) is 22.5 Å². The molecule has 0 amide bonds. The molecule has 4 aromatic rings. The standard InChI is InChI=1S/C28H22F4N2O4/c1-27(2,36)10-9-15-11-20(31)24(21(32)12-15)34-14-16(5-8-22(34)35)23-25(38-26(33-23)28(3,4)37)18-7-6-17(29)13-19(18)30/h5-8,11-14,36-37H,1-4H3. The van der Waals surface area contributed by atoms with Gasteiger partial charge in [-0.2, -0.15) is 0 Å². The SMILES string of the molecule is CC(C)(O)C#Cc1cc(F)c(-n2cc(-c3nc(C(C)(C)O)oc3-c3ccc(F)cc3F)ccc2=O)c(F)c1. The Kier molecular flexibility index (Phi) is 6.78. The lowest BCUT2D eigenvalue weighted by Crippen LogP contribution is -2.19. The summed E-state index contributed by atoms with van der Waals surface area (Å²) in [7, 11) is 0. The van der Waals surface area contributed by atoms with Gasteiger partial charge in [0, 0.05) is 29.5 Å². The minimum atomic E-state index is -1.60. The van der Waals surface area contributed by atoms with E-state index >= 15 is 8.78 Å². The number of nitrogens with zero attached hydrogens (tertiary/aromatic N) is 2. The van der Waals surface area contributed by atoms with Gasteiger partial charge in [0.2, 0.25) is 5.89 Å². The van der Waals surface area contributed by atoms with Crippen LogP contribution < -0.4 is 5.56 Å². The van der Waals surface area contributed by atoms with Crippen molar-refractivity contribution in [3.8, 4) is 40.1 Å². The number of pyridine rings is 1. The summed E-state index contributed by atoms with van der Waals surface area (Å²) in [6.07, 6.45) is 1.09. The molecule has 2 N–H and O–H groups in total. The largest absolute Gasteiger partial charge is 0.437 e. The molecule has 2 aromatic carbocycles. The highest BCUT2D eigenvalue weighted by Crippen LogP contribution is 2.37. The quantitative estimate of drug-likeness (QED) is 0.287. The molecule has 0 spiro atoms. The summed E-state index contributed by atoms with van der Waals surface area (Å²) >= 11 is 0. The minimum Gasteiger partial charge on any atom is -0.437 e. The Hall–Kier alpha value is -4.20. The lowest BCUT2D eigenvalue weighted by Gasteiger charge is -2.11. The van der Waals surface area contributed by atoms with E-state index in [2.05, 4.69) is 16.8 Å². The van der Waals surface area contributed by atoms with Crippen LogP contribution in [-0.4, -0.2) is 25.4 Å². The molecular formula is C28H22F4N2O4. The first kappa shape index (κ1) is 26.9. The summed E-state index contributed by atoms with van der Waals surface area (Å²) < 4.78 is 64.6. The van der Waals surface area contributed by atoms with Crippen molar-refractivity contribution < 1.29 is 32.2 Å². The normalized spacial score (nSPS) is 11.8. The summed E-state index contributed by atoms with van der Waals surface area (Å²) in [6, 6.07) is 6.90. The van der Waals surface area contributed by atoms with Crippen molar-refractivity contribution in [1.29, 1.82) is 0 Å². The van der Waals surface area contributed by atoms with Crippen LogP contribution in [-0.2, 0) is 5.60 Å². The van der Waals surface area contributed by atoms with E-state index in [1.807, 2.05) is 0 Å². The van der Waals surface area contributed by atoms with Crippen LogP contribution in [0, 0.1) is 35.1 Å². The molecule has 0 saturated heterocycles. The van der Waals surface area contributed by atoms with Crippen LogP contribution in [0.1, 0.15) is 39.1 Å². The van der Waals surface area contributed by atoms with Crippen molar-refractivity contribution in [2.75, 3.05) is 0 Å². The summed E-state index contributed by atoms with van der Waals surface area (Å²) in [5.74, 6) is 0.505. The number of hydrogen-bond donors (Lipinski definition) is 2. The van der Waals surface area contributed by atoms with Crippen LogP contribution in [0.15, 0.2) is 57.9 Å². The molecule has 0 atom stereocenters. The maximum Gasteiger partial charge on any atom is 0.255 e. The Morgan fingerprint density at radius 2 is 1.58 bits per heavy atom. The zero-order valence-corrected chi connectivity index (χ0v) is 20.7. The number of halogens is 4. The minimum absolute atomic E-state index is 0.0597. The first-order chi connectivity index (χ1) is 17.6. The van der Waals surface area contributed by atoms with E-state index in [1.165, 1.54) is 33.8 Å². The third-order valence-corrected chi connectivity index (χ3v) is 5.28.